The first-order valence-corrected chi connectivity index (χ1v) is 21.8. The molecule has 0 spiro atoms. The summed E-state index contributed by atoms with van der Waals surface area (Å²) in [6.45, 7) is 3.89. The number of benzene rings is 4. The Kier molecular flexibility index (Phi) is 16.5. The predicted octanol–water partition coefficient (Wildman–Crippen LogP) is 2.92. The number of hydrogen-bond donors (Lipinski definition) is 6. The van der Waals surface area contributed by atoms with Crippen LogP contribution in [0.1, 0.15) is 59.8 Å². The number of nitrogens with one attached hydrogen (secondary N) is 4. The first kappa shape index (κ1) is 46.0. The third-order valence-corrected chi connectivity index (χ3v) is 10.6. The Labute approximate surface area is 358 Å². The maximum atomic E-state index is 14.3. The van der Waals surface area contributed by atoms with Gasteiger partial charge in [-0.05, 0) is 84.0 Å². The maximum absolute atomic E-state index is 14.3. The number of hydrogen-bond acceptors (Lipinski definition) is 10. The number of carbonyl (C=O) groups is 5. The molecule has 1 heterocycles. The molecule has 16 heteroatoms. The van der Waals surface area contributed by atoms with Crippen LogP contribution in [0.2, 0.25) is 0 Å². The monoisotopic (exact) mass is 853 g/mol. The van der Waals surface area contributed by atoms with Gasteiger partial charge >= 0.3 is 0 Å². The van der Waals surface area contributed by atoms with E-state index in [1.54, 1.807) is 48.5 Å². The highest BCUT2D eigenvalue weighted by atomic mass is 32.2. The van der Waals surface area contributed by atoms with Crippen LogP contribution in [-0.2, 0) is 43.0 Å². The Balaban J connectivity index is 1.47. The summed E-state index contributed by atoms with van der Waals surface area (Å²) in [7, 11) is -0.307. The van der Waals surface area contributed by atoms with E-state index in [9.17, 15) is 28.2 Å². The van der Waals surface area contributed by atoms with Crippen LogP contribution in [0.3, 0.4) is 0 Å². The molecule has 0 saturated heterocycles. The van der Waals surface area contributed by atoms with E-state index >= 15 is 0 Å². The lowest BCUT2D eigenvalue weighted by Crippen LogP contribution is -2.55. The van der Waals surface area contributed by atoms with Crippen molar-refractivity contribution in [3.05, 3.63) is 107 Å². The molecule has 8 N–H and O–H groups in total. The summed E-state index contributed by atoms with van der Waals surface area (Å²) >= 11 is 0. The van der Waals surface area contributed by atoms with Crippen molar-refractivity contribution in [2.75, 3.05) is 46.2 Å². The van der Waals surface area contributed by atoms with Crippen LogP contribution in [0.15, 0.2) is 84.9 Å². The minimum Gasteiger partial charge on any atom is -0.492 e. The number of nitrogens with zero attached hydrogens (tertiary/aromatic N) is 1. The van der Waals surface area contributed by atoms with Gasteiger partial charge in [-0.2, -0.15) is 0 Å². The normalized spacial score (nSPS) is 16.9. The molecule has 1 aliphatic rings. The van der Waals surface area contributed by atoms with E-state index in [0.717, 1.165) is 30.4 Å². The van der Waals surface area contributed by atoms with Crippen molar-refractivity contribution in [1.82, 2.24) is 25.6 Å². The Morgan fingerprint density at radius 3 is 2.05 bits per heavy atom. The van der Waals surface area contributed by atoms with E-state index in [1.165, 1.54) is 30.7 Å². The zero-order valence-corrected chi connectivity index (χ0v) is 35.8. The molecule has 4 aromatic rings. The number of amides is 5. The smallest absolute Gasteiger partial charge is 0.254 e. The maximum Gasteiger partial charge on any atom is 0.254 e. The van der Waals surface area contributed by atoms with Crippen molar-refractivity contribution < 1.29 is 37.7 Å². The summed E-state index contributed by atoms with van der Waals surface area (Å²) in [6.07, 6.45) is 4.55. The minimum atomic E-state index is -1.73. The van der Waals surface area contributed by atoms with Gasteiger partial charge in [0.25, 0.3) is 11.8 Å². The van der Waals surface area contributed by atoms with Crippen LogP contribution >= 0.6 is 0 Å². The molecule has 4 atom stereocenters. The molecular formula is C45H55N7O8S. The lowest BCUT2D eigenvalue weighted by molar-refractivity contribution is -0.139. The topological polar surface area (TPSA) is 224 Å². The van der Waals surface area contributed by atoms with Crippen LogP contribution in [0.5, 0.6) is 11.5 Å². The number of unbranched alkanes of at least 4 members (excludes halogenated alkanes) is 1. The van der Waals surface area contributed by atoms with Crippen LogP contribution in [0.4, 0.5) is 0 Å². The van der Waals surface area contributed by atoms with Gasteiger partial charge in [0.15, 0.2) is 0 Å². The number of likely N-dealkylation sites (N-methyl/N-ethyl adjacent to an activating group) is 1. The zero-order valence-electron chi connectivity index (χ0n) is 35.0. The molecule has 0 radical (unpaired) electrons. The highest BCUT2D eigenvalue weighted by Gasteiger charge is 2.33. The second kappa shape index (κ2) is 21.9. The molecule has 61 heavy (non-hydrogen) atoms. The molecule has 5 rings (SSSR count). The lowest BCUT2D eigenvalue weighted by atomic mass is 9.93. The van der Waals surface area contributed by atoms with Crippen molar-refractivity contribution in [3.63, 3.8) is 0 Å². The summed E-state index contributed by atoms with van der Waals surface area (Å²) in [4.78, 5) is 69.5. The van der Waals surface area contributed by atoms with Gasteiger partial charge in [0, 0.05) is 49.5 Å². The Morgan fingerprint density at radius 2 is 1.44 bits per heavy atom. The van der Waals surface area contributed by atoms with E-state index in [1.807, 2.05) is 12.1 Å². The standard InChI is InChI=1S/C45H55N7O8S/c1-5-6-7-29-8-11-31(12-9-29)32-13-15-33(16-14-32)43(55)48-27-40(53)52(3)41-34-17-19-39(60-23-21-47)36(26-34)35-24-30(10-18-38(35)59-22-20-46)25-37(44(56)51-61(4)58)50-42(54)28(2)49-45(41)57/h8-19,24,26,28,37,41H,5-7,20-23,25,27,46-47H2,1-4H3,(H,48,55)(H,49,57)(H,50,54)(H,51,56)/t28-,37?,41?,61?/m0/s1. The van der Waals surface area contributed by atoms with E-state index in [-0.39, 0.29) is 32.7 Å². The average Bonchev–Trinajstić information content (AvgIpc) is 3.25. The van der Waals surface area contributed by atoms with Crippen LogP contribution in [-0.4, -0.2) is 96.9 Å². The number of aryl methyl sites for hydroxylation is 1. The summed E-state index contributed by atoms with van der Waals surface area (Å²) in [5.41, 5.74) is 17.1. The van der Waals surface area contributed by atoms with Crippen molar-refractivity contribution in [2.45, 2.75) is 57.7 Å². The van der Waals surface area contributed by atoms with Crippen molar-refractivity contribution >= 4 is 40.5 Å². The van der Waals surface area contributed by atoms with E-state index in [0.29, 0.717) is 39.3 Å². The SMILES string of the molecule is CCCCc1ccc(-c2ccc(C(=O)NCC(=O)N(C)C3C(=O)N[C@@H](C)C(=O)NC(C(=O)NS(C)=O)Cc4ccc(OCCN)c(c4)-c4cc3ccc4OCCN)cc2)cc1. The largest absolute Gasteiger partial charge is 0.492 e. The van der Waals surface area contributed by atoms with E-state index in [2.05, 4.69) is 51.9 Å². The molecule has 324 valence electrons. The third-order valence-electron chi connectivity index (χ3n) is 10.2. The fraction of sp³-hybridized carbons (Fsp3) is 0.356. The van der Waals surface area contributed by atoms with Gasteiger partial charge < -0.3 is 41.8 Å². The van der Waals surface area contributed by atoms with Gasteiger partial charge in [-0.15, -0.1) is 0 Å². The van der Waals surface area contributed by atoms with Crippen LogP contribution < -0.4 is 41.6 Å². The number of fused-ring (bicyclic) bond motifs is 5. The van der Waals surface area contributed by atoms with Crippen molar-refractivity contribution in [1.29, 1.82) is 0 Å². The fourth-order valence-electron chi connectivity index (χ4n) is 6.88. The van der Waals surface area contributed by atoms with Crippen LogP contribution in [0.25, 0.3) is 22.3 Å². The molecule has 5 amide bonds. The average molecular weight is 854 g/mol. The number of nitrogens with two attached hydrogens (primary N) is 2. The Morgan fingerprint density at radius 1 is 0.836 bits per heavy atom. The zero-order chi connectivity index (χ0) is 44.1. The second-order valence-corrected chi connectivity index (χ2v) is 15.9. The number of rotatable bonds is 16. The molecule has 3 unspecified atom stereocenters. The van der Waals surface area contributed by atoms with Gasteiger partial charge in [-0.3, -0.25) is 28.7 Å². The highest BCUT2D eigenvalue weighted by Crippen LogP contribution is 2.40. The highest BCUT2D eigenvalue weighted by molar-refractivity contribution is 7.82. The molecule has 0 aromatic heterocycles. The number of carbonyl (C=O) groups excluding carboxylic acids is 5. The molecule has 0 saturated carbocycles. The quantitative estimate of drug-likeness (QED) is 0.0967. The Bertz CT molecular complexity index is 2220. The summed E-state index contributed by atoms with van der Waals surface area (Å²) in [5.74, 6) is -2.40. The molecule has 1 aliphatic heterocycles. The minimum absolute atomic E-state index is 0.0129. The van der Waals surface area contributed by atoms with E-state index in [4.69, 9.17) is 20.9 Å². The van der Waals surface area contributed by atoms with Gasteiger partial charge in [-0.1, -0.05) is 61.9 Å². The van der Waals surface area contributed by atoms with E-state index < -0.39 is 65.2 Å². The van der Waals surface area contributed by atoms with Gasteiger partial charge in [-0.25, -0.2) is 4.21 Å². The Hall–Kier alpha value is -6.10. The molecule has 0 aliphatic carbocycles. The summed E-state index contributed by atoms with van der Waals surface area (Å²) in [6, 6.07) is 21.9. The molecule has 15 nitrogen and oxygen atoms in total. The van der Waals surface area contributed by atoms with Gasteiger partial charge in [0.2, 0.25) is 17.7 Å². The summed E-state index contributed by atoms with van der Waals surface area (Å²) < 4.78 is 26.4. The first-order chi connectivity index (χ1) is 29.3. The second-order valence-electron chi connectivity index (χ2n) is 14.7. The molecule has 0 fully saturated rings. The van der Waals surface area contributed by atoms with Crippen molar-refractivity contribution in [3.8, 4) is 33.8 Å². The van der Waals surface area contributed by atoms with Crippen LogP contribution in [0, 0.1) is 0 Å². The molecule has 4 bridgehead atoms. The molecular weight excluding hydrogens is 799 g/mol. The molecule has 4 aromatic carbocycles. The fourth-order valence-corrected chi connectivity index (χ4v) is 7.31. The van der Waals surface area contributed by atoms with Gasteiger partial charge in [0.1, 0.15) is 53.8 Å². The third kappa shape index (κ3) is 12.2. The van der Waals surface area contributed by atoms with Crippen molar-refractivity contribution in [2.24, 2.45) is 11.5 Å². The van der Waals surface area contributed by atoms with Gasteiger partial charge in [0.05, 0.1) is 6.54 Å². The number of ether oxygens (including phenoxy) is 2. The lowest BCUT2D eigenvalue weighted by Gasteiger charge is -2.30. The first-order valence-electron chi connectivity index (χ1n) is 20.2. The predicted molar refractivity (Wildman–Crippen MR) is 235 cm³/mol. The summed E-state index contributed by atoms with van der Waals surface area (Å²) in [5, 5.41) is 8.03.